The summed E-state index contributed by atoms with van der Waals surface area (Å²) in [6.45, 7) is 7.80. The van der Waals surface area contributed by atoms with E-state index >= 15 is 0 Å². The van der Waals surface area contributed by atoms with Gasteiger partial charge in [-0.2, -0.15) is 5.10 Å². The molecule has 162 valence electrons. The van der Waals surface area contributed by atoms with E-state index in [2.05, 4.69) is 46.3 Å². The molecular formula is C25H31N5O. The number of amides is 1. The summed E-state index contributed by atoms with van der Waals surface area (Å²) in [7, 11) is 1.90. The van der Waals surface area contributed by atoms with Gasteiger partial charge in [-0.3, -0.25) is 9.48 Å². The summed E-state index contributed by atoms with van der Waals surface area (Å²) >= 11 is 0. The van der Waals surface area contributed by atoms with E-state index in [4.69, 9.17) is 0 Å². The predicted molar refractivity (Wildman–Crippen MR) is 124 cm³/mol. The number of aromatic nitrogens is 3. The number of hydrogen-bond acceptors (Lipinski definition) is 4. The lowest BCUT2D eigenvalue weighted by atomic mass is 9.89. The Bertz CT molecular complexity index is 1070. The molecule has 2 aromatic heterocycles. The molecule has 31 heavy (non-hydrogen) atoms. The highest BCUT2D eigenvalue weighted by Crippen LogP contribution is 2.30. The van der Waals surface area contributed by atoms with E-state index in [0.29, 0.717) is 12.5 Å². The Kier molecular flexibility index (Phi) is 6.07. The number of nitrogens with zero attached hydrogens (tertiary/aromatic N) is 4. The third-order valence-electron chi connectivity index (χ3n) is 6.29. The van der Waals surface area contributed by atoms with E-state index in [9.17, 15) is 4.79 Å². The number of benzene rings is 1. The zero-order valence-electron chi connectivity index (χ0n) is 18.8. The van der Waals surface area contributed by atoms with Crippen LogP contribution in [0, 0.1) is 19.8 Å². The molecule has 3 aromatic rings. The third-order valence-corrected chi connectivity index (χ3v) is 6.29. The summed E-state index contributed by atoms with van der Waals surface area (Å²) in [6.07, 6.45) is 7.74. The van der Waals surface area contributed by atoms with Gasteiger partial charge < -0.3 is 10.2 Å². The molecule has 1 fully saturated rings. The minimum atomic E-state index is 0.0960. The quantitative estimate of drug-likeness (QED) is 0.666. The van der Waals surface area contributed by atoms with Crippen molar-refractivity contribution in [1.82, 2.24) is 19.7 Å². The largest absolute Gasteiger partial charge is 0.368 e. The Labute approximate surface area is 184 Å². The van der Waals surface area contributed by atoms with Gasteiger partial charge in [0.05, 0.1) is 12.2 Å². The molecule has 0 bridgehead atoms. The van der Waals surface area contributed by atoms with Gasteiger partial charge in [-0.15, -0.1) is 0 Å². The number of likely N-dealkylation sites (tertiary alicyclic amines) is 1. The highest BCUT2D eigenvalue weighted by Gasteiger charge is 2.33. The molecule has 6 heteroatoms. The first-order valence-corrected chi connectivity index (χ1v) is 11.0. The molecule has 1 N–H and O–H groups in total. The molecule has 0 radical (unpaired) electrons. The van der Waals surface area contributed by atoms with Crippen LogP contribution >= 0.6 is 0 Å². The molecule has 6 nitrogen and oxygen atoms in total. The normalized spacial score (nSPS) is 18.8. The van der Waals surface area contributed by atoms with E-state index < -0.39 is 0 Å². The SMILES string of the molecule is Cc1ccc(-c2cnn(C)c2)c(C(=O)N2CCC[C@@H](C)[C@H]2CNc2ncccc2C)c1. The second-order valence-electron chi connectivity index (χ2n) is 8.69. The molecule has 1 aliphatic rings. The number of aryl methyl sites for hydroxylation is 3. The number of hydrogen-bond donors (Lipinski definition) is 1. The van der Waals surface area contributed by atoms with Gasteiger partial charge in [0, 0.05) is 43.7 Å². The Hall–Kier alpha value is -3.15. The lowest BCUT2D eigenvalue weighted by Gasteiger charge is -2.40. The Morgan fingerprint density at radius 1 is 1.26 bits per heavy atom. The fourth-order valence-electron chi connectivity index (χ4n) is 4.49. The van der Waals surface area contributed by atoms with Gasteiger partial charge in [-0.25, -0.2) is 4.98 Å². The molecule has 0 spiro atoms. The van der Waals surface area contributed by atoms with Crippen LogP contribution in [0.2, 0.25) is 0 Å². The van der Waals surface area contributed by atoms with E-state index in [1.165, 1.54) is 0 Å². The predicted octanol–water partition coefficient (Wildman–Crippen LogP) is 4.45. The van der Waals surface area contributed by atoms with Crippen molar-refractivity contribution in [2.24, 2.45) is 13.0 Å². The van der Waals surface area contributed by atoms with Crippen LogP contribution < -0.4 is 5.32 Å². The monoisotopic (exact) mass is 417 g/mol. The highest BCUT2D eigenvalue weighted by atomic mass is 16.2. The van der Waals surface area contributed by atoms with Gasteiger partial charge in [0.25, 0.3) is 5.91 Å². The third kappa shape index (κ3) is 4.48. The molecule has 1 amide bonds. The zero-order chi connectivity index (χ0) is 22.0. The van der Waals surface area contributed by atoms with Crippen LogP contribution in [0.1, 0.15) is 41.3 Å². The number of anilines is 1. The summed E-state index contributed by atoms with van der Waals surface area (Å²) < 4.78 is 1.77. The number of pyridine rings is 1. The van der Waals surface area contributed by atoms with Crippen LogP contribution in [0.3, 0.4) is 0 Å². The van der Waals surface area contributed by atoms with Crippen LogP contribution in [0.15, 0.2) is 48.9 Å². The van der Waals surface area contributed by atoms with Gasteiger partial charge in [0.15, 0.2) is 0 Å². The van der Waals surface area contributed by atoms with Crippen molar-refractivity contribution >= 4 is 11.7 Å². The fraction of sp³-hybridized carbons (Fsp3) is 0.400. The Balaban J connectivity index is 1.63. The highest BCUT2D eigenvalue weighted by molar-refractivity contribution is 6.01. The molecule has 1 saturated heterocycles. The van der Waals surface area contributed by atoms with Gasteiger partial charge in [0.2, 0.25) is 0 Å². The first-order chi connectivity index (χ1) is 14.9. The number of rotatable bonds is 5. The molecule has 3 heterocycles. The maximum Gasteiger partial charge on any atom is 0.254 e. The standard InChI is InChI=1S/C25H31N5O/c1-17-9-10-21(20-14-28-29(4)16-20)22(13-17)25(31)30-12-6-8-18(2)23(30)15-27-24-19(3)7-5-11-26-24/h5,7,9-11,13-14,16,18,23H,6,8,12,15H2,1-4H3,(H,26,27)/t18-,23-/m1/s1. The summed E-state index contributed by atoms with van der Waals surface area (Å²) in [4.78, 5) is 20.4. The van der Waals surface area contributed by atoms with Crippen LogP contribution in [0.25, 0.3) is 11.1 Å². The Morgan fingerprint density at radius 3 is 2.84 bits per heavy atom. The Morgan fingerprint density at radius 2 is 2.10 bits per heavy atom. The van der Waals surface area contributed by atoms with Gasteiger partial charge in [-0.1, -0.05) is 30.7 Å². The molecule has 0 aliphatic carbocycles. The number of carbonyl (C=O) groups is 1. The summed E-state index contributed by atoms with van der Waals surface area (Å²) in [5, 5.41) is 7.79. The summed E-state index contributed by atoms with van der Waals surface area (Å²) in [6, 6.07) is 10.2. The number of carbonyl (C=O) groups excluding carboxylic acids is 1. The first kappa shape index (κ1) is 21.1. The van der Waals surface area contributed by atoms with E-state index in [-0.39, 0.29) is 11.9 Å². The van der Waals surface area contributed by atoms with Crippen molar-refractivity contribution in [3.63, 3.8) is 0 Å². The van der Waals surface area contributed by atoms with Gasteiger partial charge >= 0.3 is 0 Å². The topological polar surface area (TPSA) is 63.1 Å². The van der Waals surface area contributed by atoms with E-state index in [1.807, 2.05) is 44.6 Å². The van der Waals surface area contributed by atoms with Crippen LogP contribution in [-0.2, 0) is 7.05 Å². The van der Waals surface area contributed by atoms with Gasteiger partial charge in [0.1, 0.15) is 5.82 Å². The smallest absolute Gasteiger partial charge is 0.254 e. The van der Waals surface area contributed by atoms with Gasteiger partial charge in [-0.05, 0) is 55.9 Å². The second-order valence-corrected chi connectivity index (χ2v) is 8.69. The fourth-order valence-corrected chi connectivity index (χ4v) is 4.49. The number of piperidine rings is 1. The summed E-state index contributed by atoms with van der Waals surface area (Å²) in [5.41, 5.74) is 4.85. The van der Waals surface area contributed by atoms with Crippen molar-refractivity contribution < 1.29 is 4.79 Å². The first-order valence-electron chi connectivity index (χ1n) is 11.0. The molecule has 1 aromatic carbocycles. The average Bonchev–Trinajstić information content (AvgIpc) is 3.19. The molecular weight excluding hydrogens is 386 g/mol. The van der Waals surface area contributed by atoms with E-state index in [0.717, 1.165) is 53.0 Å². The summed E-state index contributed by atoms with van der Waals surface area (Å²) in [5.74, 6) is 1.40. The van der Waals surface area contributed by atoms with Crippen molar-refractivity contribution in [3.8, 4) is 11.1 Å². The molecule has 2 atom stereocenters. The molecule has 0 saturated carbocycles. The molecule has 4 rings (SSSR count). The lowest BCUT2D eigenvalue weighted by Crippen LogP contribution is -2.51. The van der Waals surface area contributed by atoms with Crippen molar-refractivity contribution in [3.05, 3.63) is 65.6 Å². The number of nitrogens with one attached hydrogen (secondary N) is 1. The minimum absolute atomic E-state index is 0.0960. The van der Waals surface area contributed by atoms with Crippen LogP contribution in [-0.4, -0.2) is 44.7 Å². The maximum absolute atomic E-state index is 13.8. The van der Waals surface area contributed by atoms with E-state index in [1.54, 1.807) is 10.9 Å². The average molecular weight is 418 g/mol. The van der Waals surface area contributed by atoms with Crippen LogP contribution in [0.4, 0.5) is 5.82 Å². The molecule has 0 unspecified atom stereocenters. The lowest BCUT2D eigenvalue weighted by molar-refractivity contribution is 0.0540. The maximum atomic E-state index is 13.8. The van der Waals surface area contributed by atoms with Crippen molar-refractivity contribution in [2.75, 3.05) is 18.4 Å². The van der Waals surface area contributed by atoms with Crippen molar-refractivity contribution in [1.29, 1.82) is 0 Å². The van der Waals surface area contributed by atoms with Crippen LogP contribution in [0.5, 0.6) is 0 Å². The minimum Gasteiger partial charge on any atom is -0.368 e. The zero-order valence-corrected chi connectivity index (χ0v) is 18.8. The second kappa shape index (κ2) is 8.92. The van der Waals surface area contributed by atoms with Crippen molar-refractivity contribution in [2.45, 2.75) is 39.7 Å². The molecule has 1 aliphatic heterocycles.